The number of sulfone groups is 2. The number of anilines is 1. The van der Waals surface area contributed by atoms with Crippen LogP contribution in [-0.2, 0) is 24.5 Å². The van der Waals surface area contributed by atoms with Crippen molar-refractivity contribution < 1.29 is 21.6 Å². The van der Waals surface area contributed by atoms with Crippen LogP contribution in [0.2, 0.25) is 0 Å². The number of carbonyl (C=O) groups is 1. The lowest BCUT2D eigenvalue weighted by atomic mass is 9.87. The average molecular weight is 396 g/mol. The van der Waals surface area contributed by atoms with Crippen LogP contribution in [0.25, 0.3) is 4.91 Å². The molecule has 2 atom stereocenters. The maximum Gasteiger partial charge on any atom is 0.253 e. The van der Waals surface area contributed by atoms with Crippen molar-refractivity contribution in [3.05, 3.63) is 35.4 Å². The second-order valence-corrected chi connectivity index (χ2v) is 11.1. The second-order valence-electron chi connectivity index (χ2n) is 6.88. The van der Waals surface area contributed by atoms with Gasteiger partial charge in [0.15, 0.2) is 19.7 Å². The molecule has 0 radical (unpaired) electrons. The SMILES string of the molecule is CC1=NN(c2ccc3c(c2)C(C)C(S(C)(=O)=O)C=C3S(C)(=O)=O)C(=O)C1. The Morgan fingerprint density at radius 3 is 2.31 bits per heavy atom. The maximum absolute atomic E-state index is 12.2. The molecule has 0 aromatic heterocycles. The molecular formula is C17H20N2O5S2. The van der Waals surface area contributed by atoms with Crippen molar-refractivity contribution in [1.29, 1.82) is 0 Å². The Bertz CT molecular complexity index is 1070. The molecule has 1 aromatic rings. The Balaban J connectivity index is 2.21. The summed E-state index contributed by atoms with van der Waals surface area (Å²) in [6.45, 7) is 3.49. The quantitative estimate of drug-likeness (QED) is 0.774. The van der Waals surface area contributed by atoms with Gasteiger partial charge in [0, 0.05) is 24.1 Å². The van der Waals surface area contributed by atoms with Gasteiger partial charge in [0.2, 0.25) is 0 Å². The van der Waals surface area contributed by atoms with E-state index in [1.165, 1.54) is 11.1 Å². The predicted octanol–water partition coefficient (Wildman–Crippen LogP) is 1.72. The summed E-state index contributed by atoms with van der Waals surface area (Å²) in [6, 6.07) is 4.91. The van der Waals surface area contributed by atoms with E-state index in [1.807, 2.05) is 0 Å². The van der Waals surface area contributed by atoms with Gasteiger partial charge in [0.25, 0.3) is 5.91 Å². The summed E-state index contributed by atoms with van der Waals surface area (Å²) in [7, 11) is -7.13. The molecule has 1 amide bonds. The fourth-order valence-corrected chi connectivity index (χ4v) is 5.76. The highest BCUT2D eigenvalue weighted by molar-refractivity contribution is 8.00. The van der Waals surface area contributed by atoms with Crippen molar-refractivity contribution in [2.75, 3.05) is 17.5 Å². The number of hydrogen-bond donors (Lipinski definition) is 0. The van der Waals surface area contributed by atoms with Crippen molar-refractivity contribution in [2.24, 2.45) is 5.10 Å². The van der Waals surface area contributed by atoms with Gasteiger partial charge >= 0.3 is 0 Å². The molecule has 9 heteroatoms. The van der Waals surface area contributed by atoms with Crippen LogP contribution >= 0.6 is 0 Å². The third-order valence-corrected chi connectivity index (χ3v) is 7.34. The van der Waals surface area contributed by atoms with Gasteiger partial charge in [0.05, 0.1) is 22.3 Å². The molecule has 0 fully saturated rings. The van der Waals surface area contributed by atoms with Crippen molar-refractivity contribution in [3.63, 3.8) is 0 Å². The molecule has 1 heterocycles. The van der Waals surface area contributed by atoms with E-state index in [2.05, 4.69) is 5.10 Å². The number of rotatable bonds is 3. The van der Waals surface area contributed by atoms with Gasteiger partial charge in [-0.05, 0) is 36.3 Å². The van der Waals surface area contributed by atoms with Crippen LogP contribution < -0.4 is 5.01 Å². The number of benzene rings is 1. The molecule has 1 aromatic carbocycles. The summed E-state index contributed by atoms with van der Waals surface area (Å²) in [5.41, 5.74) is 2.23. The van der Waals surface area contributed by atoms with Gasteiger partial charge in [-0.25, -0.2) is 21.8 Å². The molecule has 2 unspecified atom stereocenters. The lowest BCUT2D eigenvalue weighted by Gasteiger charge is -2.29. The molecule has 7 nitrogen and oxygen atoms in total. The third-order valence-electron chi connectivity index (χ3n) is 4.65. The van der Waals surface area contributed by atoms with Crippen LogP contribution in [0.15, 0.2) is 29.4 Å². The zero-order valence-corrected chi connectivity index (χ0v) is 16.6. The minimum Gasteiger partial charge on any atom is -0.272 e. The first-order valence-corrected chi connectivity index (χ1v) is 11.9. The number of nitrogens with zero attached hydrogens (tertiary/aromatic N) is 2. The van der Waals surface area contributed by atoms with E-state index >= 15 is 0 Å². The molecule has 0 bridgehead atoms. The molecule has 1 aliphatic carbocycles. The number of hydrogen-bond acceptors (Lipinski definition) is 6. The Morgan fingerprint density at radius 2 is 1.81 bits per heavy atom. The van der Waals surface area contributed by atoms with Gasteiger partial charge in [-0.2, -0.15) is 5.10 Å². The van der Waals surface area contributed by atoms with E-state index in [-0.39, 0.29) is 17.2 Å². The van der Waals surface area contributed by atoms with Gasteiger partial charge in [-0.1, -0.05) is 13.0 Å². The summed E-state index contributed by atoms with van der Waals surface area (Å²) >= 11 is 0. The summed E-state index contributed by atoms with van der Waals surface area (Å²) < 4.78 is 48.8. The monoisotopic (exact) mass is 396 g/mol. The summed E-state index contributed by atoms with van der Waals surface area (Å²) in [4.78, 5) is 12.1. The average Bonchev–Trinajstić information content (AvgIpc) is 2.83. The highest BCUT2D eigenvalue weighted by Gasteiger charge is 2.36. The topological polar surface area (TPSA) is 101 Å². The van der Waals surface area contributed by atoms with Crippen LogP contribution in [-0.4, -0.2) is 46.2 Å². The summed E-state index contributed by atoms with van der Waals surface area (Å²) in [5, 5.41) is 4.52. The Hall–Kier alpha value is -2.00. The van der Waals surface area contributed by atoms with Gasteiger partial charge in [-0.3, -0.25) is 4.79 Å². The lowest BCUT2D eigenvalue weighted by molar-refractivity contribution is -0.116. The van der Waals surface area contributed by atoms with Crippen LogP contribution in [0.1, 0.15) is 37.3 Å². The largest absolute Gasteiger partial charge is 0.272 e. The molecule has 26 heavy (non-hydrogen) atoms. The lowest BCUT2D eigenvalue weighted by Crippen LogP contribution is -2.29. The molecule has 140 valence electrons. The Kier molecular flexibility index (Phi) is 4.35. The van der Waals surface area contributed by atoms with E-state index in [1.54, 1.807) is 32.0 Å². The molecule has 1 aliphatic heterocycles. The number of amides is 1. The summed E-state index contributed by atoms with van der Waals surface area (Å²) in [5.74, 6) is -0.627. The van der Waals surface area contributed by atoms with Crippen molar-refractivity contribution >= 4 is 41.9 Å². The first-order valence-electron chi connectivity index (χ1n) is 8.01. The predicted molar refractivity (Wildman–Crippen MR) is 102 cm³/mol. The molecular weight excluding hydrogens is 376 g/mol. The zero-order chi connectivity index (χ0) is 19.4. The fourth-order valence-electron chi connectivity index (χ4n) is 3.42. The van der Waals surface area contributed by atoms with E-state index in [0.717, 1.165) is 12.5 Å². The maximum atomic E-state index is 12.2. The van der Waals surface area contributed by atoms with E-state index in [9.17, 15) is 21.6 Å². The van der Waals surface area contributed by atoms with Crippen LogP contribution in [0.4, 0.5) is 5.69 Å². The fraction of sp³-hybridized carbons (Fsp3) is 0.412. The number of hydrazone groups is 1. The van der Waals surface area contributed by atoms with E-state index < -0.39 is 30.8 Å². The smallest absolute Gasteiger partial charge is 0.253 e. The van der Waals surface area contributed by atoms with Crippen molar-refractivity contribution in [1.82, 2.24) is 0 Å². The van der Waals surface area contributed by atoms with Gasteiger partial charge < -0.3 is 0 Å². The number of carbonyl (C=O) groups excluding carboxylic acids is 1. The third kappa shape index (κ3) is 3.21. The van der Waals surface area contributed by atoms with E-state index in [4.69, 9.17) is 0 Å². The zero-order valence-electron chi connectivity index (χ0n) is 14.9. The highest BCUT2D eigenvalue weighted by Crippen LogP contribution is 2.41. The molecule has 0 saturated carbocycles. The summed E-state index contributed by atoms with van der Waals surface area (Å²) in [6.07, 6.45) is 3.70. The molecule has 0 N–H and O–H groups in total. The Morgan fingerprint density at radius 1 is 1.15 bits per heavy atom. The minimum atomic E-state index is -3.62. The minimum absolute atomic E-state index is 0.00000491. The highest BCUT2D eigenvalue weighted by atomic mass is 32.2. The van der Waals surface area contributed by atoms with Crippen LogP contribution in [0, 0.1) is 0 Å². The standard InChI is InChI=1S/C17H20N2O5S2/c1-10-7-17(20)19(18-10)12-5-6-13-14(8-12)11(2)15(25(3,21)22)9-16(13)26(4,23)24/h5-6,8-9,11,15H,7H2,1-4H3. The number of fused-ring (bicyclic) bond motifs is 1. The molecule has 0 saturated heterocycles. The van der Waals surface area contributed by atoms with Gasteiger partial charge in [0.1, 0.15) is 0 Å². The van der Waals surface area contributed by atoms with Gasteiger partial charge in [-0.15, -0.1) is 0 Å². The van der Waals surface area contributed by atoms with Crippen LogP contribution in [0.3, 0.4) is 0 Å². The molecule has 2 aliphatic rings. The van der Waals surface area contributed by atoms with Crippen LogP contribution in [0.5, 0.6) is 0 Å². The second kappa shape index (κ2) is 6.02. The van der Waals surface area contributed by atoms with E-state index in [0.29, 0.717) is 22.5 Å². The molecule has 3 rings (SSSR count). The first kappa shape index (κ1) is 18.8. The van der Waals surface area contributed by atoms with Crippen molar-refractivity contribution in [3.8, 4) is 0 Å². The van der Waals surface area contributed by atoms with Crippen molar-refractivity contribution in [2.45, 2.75) is 31.4 Å². The Labute approximate surface area is 153 Å². The normalized spacial score (nSPS) is 23.5. The molecule has 0 spiro atoms. The first-order chi connectivity index (χ1) is 11.9.